The number of hydrogen-bond donors (Lipinski definition) is 2. The number of methoxy groups -OCH3 is 2. The second-order valence-corrected chi connectivity index (χ2v) is 5.99. The molecule has 0 aliphatic carbocycles. The SMILES string of the molecule is COc1ccc(/C=C/C(=O)NNC(=O)COc2c(C)cccc2C)c(OC)c1. The van der Waals surface area contributed by atoms with Crippen molar-refractivity contribution in [1.82, 2.24) is 10.9 Å². The zero-order chi connectivity index (χ0) is 20.5. The summed E-state index contributed by atoms with van der Waals surface area (Å²) in [6.07, 6.45) is 2.86. The molecule has 0 atom stereocenters. The molecule has 0 bridgehead atoms. The van der Waals surface area contributed by atoms with Gasteiger partial charge in [0.25, 0.3) is 11.8 Å². The molecule has 148 valence electrons. The Bertz CT molecular complexity index is 857. The zero-order valence-electron chi connectivity index (χ0n) is 16.4. The topological polar surface area (TPSA) is 85.9 Å². The number of ether oxygens (including phenoxy) is 3. The van der Waals surface area contributed by atoms with Crippen LogP contribution in [0.15, 0.2) is 42.5 Å². The van der Waals surface area contributed by atoms with Gasteiger partial charge in [-0.05, 0) is 43.2 Å². The number of carbonyl (C=O) groups excluding carboxylic acids is 2. The lowest BCUT2D eigenvalue weighted by Crippen LogP contribution is -2.43. The second kappa shape index (κ2) is 10.0. The summed E-state index contributed by atoms with van der Waals surface area (Å²) in [4.78, 5) is 23.8. The molecule has 0 aliphatic rings. The van der Waals surface area contributed by atoms with Crippen LogP contribution in [0.3, 0.4) is 0 Å². The van der Waals surface area contributed by atoms with Gasteiger partial charge in [0.1, 0.15) is 17.2 Å². The summed E-state index contributed by atoms with van der Waals surface area (Å²) in [7, 11) is 3.09. The van der Waals surface area contributed by atoms with E-state index in [1.54, 1.807) is 31.4 Å². The Labute approximate surface area is 164 Å². The van der Waals surface area contributed by atoms with Gasteiger partial charge in [-0.2, -0.15) is 0 Å². The van der Waals surface area contributed by atoms with Crippen LogP contribution in [0.2, 0.25) is 0 Å². The van der Waals surface area contributed by atoms with E-state index >= 15 is 0 Å². The smallest absolute Gasteiger partial charge is 0.276 e. The fourth-order valence-corrected chi connectivity index (χ4v) is 2.50. The lowest BCUT2D eigenvalue weighted by atomic mass is 10.1. The predicted molar refractivity (Wildman–Crippen MR) is 106 cm³/mol. The summed E-state index contributed by atoms with van der Waals surface area (Å²) in [6, 6.07) is 11.0. The van der Waals surface area contributed by atoms with E-state index in [0.29, 0.717) is 22.8 Å². The number of para-hydroxylation sites is 1. The fourth-order valence-electron chi connectivity index (χ4n) is 2.50. The highest BCUT2D eigenvalue weighted by atomic mass is 16.5. The summed E-state index contributed by atoms with van der Waals surface area (Å²) in [6.45, 7) is 3.60. The maximum absolute atomic E-state index is 11.9. The van der Waals surface area contributed by atoms with Gasteiger partial charge in [0.05, 0.1) is 14.2 Å². The Morgan fingerprint density at radius 2 is 1.71 bits per heavy atom. The van der Waals surface area contributed by atoms with E-state index in [0.717, 1.165) is 11.1 Å². The molecule has 2 rings (SSSR count). The van der Waals surface area contributed by atoms with Crippen LogP contribution < -0.4 is 25.1 Å². The van der Waals surface area contributed by atoms with Gasteiger partial charge in [-0.3, -0.25) is 20.4 Å². The Balaban J connectivity index is 1.85. The molecule has 0 aliphatic heterocycles. The molecular weight excluding hydrogens is 360 g/mol. The number of hydrogen-bond acceptors (Lipinski definition) is 5. The van der Waals surface area contributed by atoms with Crippen molar-refractivity contribution in [3.05, 3.63) is 59.2 Å². The number of nitrogens with one attached hydrogen (secondary N) is 2. The van der Waals surface area contributed by atoms with Gasteiger partial charge < -0.3 is 14.2 Å². The fraction of sp³-hybridized carbons (Fsp3) is 0.238. The first kappa shape index (κ1) is 20.8. The normalized spacial score (nSPS) is 10.4. The number of carbonyl (C=O) groups is 2. The molecule has 0 spiro atoms. The number of hydrazine groups is 1. The molecule has 2 aromatic rings. The van der Waals surface area contributed by atoms with Crippen molar-refractivity contribution >= 4 is 17.9 Å². The van der Waals surface area contributed by atoms with Gasteiger partial charge >= 0.3 is 0 Å². The minimum absolute atomic E-state index is 0.206. The molecule has 28 heavy (non-hydrogen) atoms. The lowest BCUT2D eigenvalue weighted by Gasteiger charge is -2.12. The van der Waals surface area contributed by atoms with Crippen LogP contribution >= 0.6 is 0 Å². The van der Waals surface area contributed by atoms with Gasteiger partial charge in [-0.25, -0.2) is 0 Å². The van der Waals surface area contributed by atoms with Crippen molar-refractivity contribution in [3.63, 3.8) is 0 Å². The van der Waals surface area contributed by atoms with Gasteiger partial charge in [0.15, 0.2) is 6.61 Å². The first-order valence-corrected chi connectivity index (χ1v) is 8.62. The van der Waals surface area contributed by atoms with Crippen LogP contribution in [0.5, 0.6) is 17.2 Å². The van der Waals surface area contributed by atoms with Crippen LogP contribution in [0.4, 0.5) is 0 Å². The maximum atomic E-state index is 11.9. The Morgan fingerprint density at radius 3 is 2.36 bits per heavy atom. The number of rotatable bonds is 7. The summed E-state index contributed by atoms with van der Waals surface area (Å²) in [5.74, 6) is 0.921. The molecule has 0 heterocycles. The second-order valence-electron chi connectivity index (χ2n) is 5.99. The molecule has 0 saturated heterocycles. The molecule has 0 radical (unpaired) electrons. The maximum Gasteiger partial charge on any atom is 0.276 e. The lowest BCUT2D eigenvalue weighted by molar-refractivity contribution is -0.128. The summed E-state index contributed by atoms with van der Waals surface area (Å²) < 4.78 is 15.9. The summed E-state index contributed by atoms with van der Waals surface area (Å²) in [5, 5.41) is 0. The van der Waals surface area contributed by atoms with Crippen molar-refractivity contribution in [2.75, 3.05) is 20.8 Å². The third-order valence-corrected chi connectivity index (χ3v) is 3.94. The van der Waals surface area contributed by atoms with Crippen LogP contribution in [0.25, 0.3) is 6.08 Å². The summed E-state index contributed by atoms with van der Waals surface area (Å²) >= 11 is 0. The Kier molecular flexibility index (Phi) is 7.45. The summed E-state index contributed by atoms with van der Waals surface area (Å²) in [5.41, 5.74) is 7.19. The predicted octanol–water partition coefficient (Wildman–Crippen LogP) is 2.56. The van der Waals surface area contributed by atoms with Crippen LogP contribution in [-0.2, 0) is 9.59 Å². The van der Waals surface area contributed by atoms with E-state index in [-0.39, 0.29) is 6.61 Å². The number of amides is 2. The molecule has 0 aromatic heterocycles. The molecule has 2 amide bonds. The third kappa shape index (κ3) is 5.77. The zero-order valence-corrected chi connectivity index (χ0v) is 16.4. The first-order valence-electron chi connectivity index (χ1n) is 8.62. The largest absolute Gasteiger partial charge is 0.497 e. The molecule has 7 heteroatoms. The monoisotopic (exact) mass is 384 g/mol. The number of aryl methyl sites for hydroxylation is 2. The third-order valence-electron chi connectivity index (χ3n) is 3.94. The highest BCUT2D eigenvalue weighted by molar-refractivity contribution is 5.93. The molecular formula is C21H24N2O5. The molecule has 0 unspecified atom stereocenters. The average molecular weight is 384 g/mol. The average Bonchev–Trinajstić information content (AvgIpc) is 2.70. The van der Waals surface area contributed by atoms with E-state index in [1.165, 1.54) is 13.2 Å². The molecule has 0 saturated carbocycles. The molecule has 7 nitrogen and oxygen atoms in total. The van der Waals surface area contributed by atoms with Crippen molar-refractivity contribution in [2.45, 2.75) is 13.8 Å². The van der Waals surface area contributed by atoms with Crippen LogP contribution in [-0.4, -0.2) is 32.6 Å². The van der Waals surface area contributed by atoms with E-state index < -0.39 is 11.8 Å². The van der Waals surface area contributed by atoms with E-state index in [1.807, 2.05) is 32.0 Å². The van der Waals surface area contributed by atoms with Crippen LogP contribution in [0.1, 0.15) is 16.7 Å². The molecule has 0 fully saturated rings. The van der Waals surface area contributed by atoms with Crippen molar-refractivity contribution in [3.8, 4) is 17.2 Å². The number of benzene rings is 2. The van der Waals surface area contributed by atoms with Crippen molar-refractivity contribution < 1.29 is 23.8 Å². The van der Waals surface area contributed by atoms with Gasteiger partial charge in [-0.15, -0.1) is 0 Å². The minimum Gasteiger partial charge on any atom is -0.497 e. The standard InChI is InChI=1S/C21H24N2O5/c1-14-6-5-7-15(2)21(14)28-13-20(25)23-22-19(24)11-9-16-8-10-17(26-3)12-18(16)27-4/h5-12H,13H2,1-4H3,(H,22,24)(H,23,25)/b11-9+. The van der Waals surface area contributed by atoms with Gasteiger partial charge in [-0.1, -0.05) is 18.2 Å². The van der Waals surface area contributed by atoms with E-state index in [4.69, 9.17) is 14.2 Å². The van der Waals surface area contributed by atoms with E-state index in [2.05, 4.69) is 10.9 Å². The Hall–Kier alpha value is -3.48. The highest BCUT2D eigenvalue weighted by Gasteiger charge is 2.08. The van der Waals surface area contributed by atoms with Gasteiger partial charge in [0.2, 0.25) is 0 Å². The first-order chi connectivity index (χ1) is 13.4. The Morgan fingerprint density at radius 1 is 1.00 bits per heavy atom. The quantitative estimate of drug-likeness (QED) is 0.566. The molecule has 2 N–H and O–H groups in total. The highest BCUT2D eigenvalue weighted by Crippen LogP contribution is 2.25. The van der Waals surface area contributed by atoms with Crippen molar-refractivity contribution in [2.24, 2.45) is 0 Å². The minimum atomic E-state index is -0.488. The van der Waals surface area contributed by atoms with Gasteiger partial charge in [0, 0.05) is 17.7 Å². The van der Waals surface area contributed by atoms with E-state index in [9.17, 15) is 9.59 Å². The molecule has 2 aromatic carbocycles. The van der Waals surface area contributed by atoms with Crippen molar-refractivity contribution in [1.29, 1.82) is 0 Å². The van der Waals surface area contributed by atoms with Crippen LogP contribution in [0, 0.1) is 13.8 Å².